The number of fused-ring (bicyclic) bond motifs is 1. The van der Waals surface area contributed by atoms with Crippen LogP contribution in [0, 0.1) is 0 Å². The number of ether oxygens (including phenoxy) is 2. The topological polar surface area (TPSA) is 84.8 Å². The smallest absolute Gasteiger partial charge is 0.356 e. The van der Waals surface area contributed by atoms with Crippen LogP contribution < -0.4 is 4.74 Å². The van der Waals surface area contributed by atoms with Crippen LogP contribution in [0.4, 0.5) is 0 Å². The predicted octanol–water partition coefficient (Wildman–Crippen LogP) is 2.77. The number of hydrogen-bond acceptors (Lipinski definition) is 7. The minimum atomic E-state index is -1.05. The van der Waals surface area contributed by atoms with Gasteiger partial charge in [-0.15, -0.1) is 11.3 Å². The Balaban J connectivity index is 1.45. The lowest BCUT2D eigenvalue weighted by Crippen LogP contribution is -2.38. The van der Waals surface area contributed by atoms with Crippen molar-refractivity contribution in [3.63, 3.8) is 0 Å². The van der Waals surface area contributed by atoms with Crippen molar-refractivity contribution in [2.24, 2.45) is 0 Å². The van der Waals surface area contributed by atoms with E-state index in [2.05, 4.69) is 14.9 Å². The van der Waals surface area contributed by atoms with Gasteiger partial charge in [0.1, 0.15) is 12.4 Å². The van der Waals surface area contributed by atoms with Crippen LogP contribution in [0.5, 0.6) is 5.75 Å². The number of aromatic carboxylic acids is 1. The molecule has 3 heterocycles. The molecule has 27 heavy (non-hydrogen) atoms. The van der Waals surface area contributed by atoms with Crippen LogP contribution in [0.3, 0.4) is 0 Å². The fraction of sp³-hybridized carbons (Fsp3) is 0.316. The summed E-state index contributed by atoms with van der Waals surface area (Å²) in [4.78, 5) is 22.5. The normalized spacial score (nSPS) is 15.1. The second-order valence-electron chi connectivity index (χ2n) is 6.16. The van der Waals surface area contributed by atoms with E-state index in [9.17, 15) is 9.90 Å². The molecule has 0 radical (unpaired) electrons. The lowest BCUT2D eigenvalue weighted by molar-refractivity contribution is 0.0322. The van der Waals surface area contributed by atoms with Crippen LogP contribution in [0.1, 0.15) is 10.5 Å². The van der Waals surface area contributed by atoms with E-state index in [1.807, 2.05) is 29.6 Å². The molecule has 1 aliphatic rings. The molecular weight excluding hydrogens is 366 g/mol. The van der Waals surface area contributed by atoms with Gasteiger partial charge in [0.25, 0.3) is 0 Å². The highest BCUT2D eigenvalue weighted by atomic mass is 32.1. The molecule has 0 saturated carbocycles. The molecule has 2 aromatic heterocycles. The van der Waals surface area contributed by atoms with Gasteiger partial charge in [-0.1, -0.05) is 0 Å². The van der Waals surface area contributed by atoms with Gasteiger partial charge in [0.2, 0.25) is 0 Å². The highest BCUT2D eigenvalue weighted by Gasteiger charge is 2.16. The third-order valence-electron chi connectivity index (χ3n) is 4.40. The molecule has 8 heteroatoms. The standard InChI is InChI=1S/C19H19N3O4S/c23-19(24)16-17-15(5-12-27-17)20-18(21-16)13-1-3-14(4-2-13)26-11-8-22-6-9-25-10-7-22/h1-5,12H,6-11H2,(H,23,24). The van der Waals surface area contributed by atoms with E-state index < -0.39 is 5.97 Å². The summed E-state index contributed by atoms with van der Waals surface area (Å²) in [6, 6.07) is 9.22. The number of carbonyl (C=O) groups is 1. The van der Waals surface area contributed by atoms with Gasteiger partial charge in [0.05, 0.1) is 23.4 Å². The number of benzene rings is 1. The summed E-state index contributed by atoms with van der Waals surface area (Å²) in [5, 5.41) is 11.2. The number of aromatic nitrogens is 2. The average Bonchev–Trinajstić information content (AvgIpc) is 3.17. The van der Waals surface area contributed by atoms with Crippen LogP contribution in [0.15, 0.2) is 35.7 Å². The zero-order valence-corrected chi connectivity index (χ0v) is 15.4. The van der Waals surface area contributed by atoms with Gasteiger partial charge >= 0.3 is 5.97 Å². The summed E-state index contributed by atoms with van der Waals surface area (Å²) in [7, 11) is 0. The minimum Gasteiger partial charge on any atom is -0.492 e. The van der Waals surface area contributed by atoms with Crippen molar-refractivity contribution in [2.45, 2.75) is 0 Å². The van der Waals surface area contributed by atoms with Crippen LogP contribution in [0.2, 0.25) is 0 Å². The van der Waals surface area contributed by atoms with Gasteiger partial charge in [-0.3, -0.25) is 4.90 Å². The first-order chi connectivity index (χ1) is 13.2. The number of rotatable bonds is 6. The van der Waals surface area contributed by atoms with Crippen LogP contribution in [-0.2, 0) is 4.74 Å². The molecule has 7 nitrogen and oxygen atoms in total. The molecule has 0 amide bonds. The van der Waals surface area contributed by atoms with Crippen LogP contribution in [0.25, 0.3) is 21.6 Å². The van der Waals surface area contributed by atoms with E-state index in [4.69, 9.17) is 9.47 Å². The van der Waals surface area contributed by atoms with Crippen molar-refractivity contribution < 1.29 is 19.4 Å². The van der Waals surface area contributed by atoms with Crippen LogP contribution in [-0.4, -0.2) is 65.4 Å². The fourth-order valence-corrected chi connectivity index (χ4v) is 3.77. The van der Waals surface area contributed by atoms with Crippen molar-refractivity contribution in [2.75, 3.05) is 39.5 Å². The molecule has 1 aromatic carbocycles. The second-order valence-corrected chi connectivity index (χ2v) is 7.08. The molecule has 4 rings (SSSR count). The summed E-state index contributed by atoms with van der Waals surface area (Å²) in [5.74, 6) is 0.120. The number of nitrogens with zero attached hydrogens (tertiary/aromatic N) is 3. The Hall–Kier alpha value is -2.55. The highest BCUT2D eigenvalue weighted by Crippen LogP contribution is 2.26. The number of carboxylic acids is 1. The molecule has 0 atom stereocenters. The summed E-state index contributed by atoms with van der Waals surface area (Å²) in [6.45, 7) is 4.92. The molecule has 3 aromatic rings. The van der Waals surface area contributed by atoms with E-state index in [1.165, 1.54) is 11.3 Å². The molecule has 1 aliphatic heterocycles. The van der Waals surface area contributed by atoms with Crippen molar-refractivity contribution in [3.05, 3.63) is 41.4 Å². The lowest BCUT2D eigenvalue weighted by atomic mass is 10.2. The van der Waals surface area contributed by atoms with E-state index in [-0.39, 0.29) is 5.69 Å². The highest BCUT2D eigenvalue weighted by molar-refractivity contribution is 7.17. The molecule has 1 fully saturated rings. The summed E-state index contributed by atoms with van der Waals surface area (Å²) < 4.78 is 11.7. The number of morpholine rings is 1. The van der Waals surface area contributed by atoms with Gasteiger partial charge in [-0.05, 0) is 35.7 Å². The Kier molecular flexibility index (Phi) is 5.28. The van der Waals surface area contributed by atoms with Crippen molar-refractivity contribution in [3.8, 4) is 17.1 Å². The van der Waals surface area contributed by atoms with Gasteiger partial charge in [0.15, 0.2) is 11.5 Å². The summed E-state index contributed by atoms with van der Waals surface area (Å²) in [6.07, 6.45) is 0. The molecule has 0 aliphatic carbocycles. The SMILES string of the molecule is O=C(O)c1nc(-c2ccc(OCCN3CCOCC3)cc2)nc2ccsc12. The molecule has 0 spiro atoms. The van der Waals surface area contributed by atoms with E-state index in [1.54, 1.807) is 6.07 Å². The first kappa shape index (κ1) is 17.8. The van der Waals surface area contributed by atoms with E-state index in [0.717, 1.165) is 44.2 Å². The fourth-order valence-electron chi connectivity index (χ4n) is 2.96. The third-order valence-corrected chi connectivity index (χ3v) is 5.31. The third kappa shape index (κ3) is 4.08. The molecule has 1 saturated heterocycles. The first-order valence-corrected chi connectivity index (χ1v) is 9.60. The molecule has 0 unspecified atom stereocenters. The molecule has 0 bridgehead atoms. The number of thiophene rings is 1. The van der Waals surface area contributed by atoms with Gasteiger partial charge in [-0.2, -0.15) is 0 Å². The Morgan fingerprint density at radius 2 is 1.96 bits per heavy atom. The molecule has 1 N–H and O–H groups in total. The van der Waals surface area contributed by atoms with Crippen LogP contribution >= 0.6 is 11.3 Å². The zero-order valence-electron chi connectivity index (χ0n) is 14.6. The minimum absolute atomic E-state index is 0.0378. The Labute approximate surface area is 160 Å². The van der Waals surface area contributed by atoms with Gasteiger partial charge in [0, 0.05) is 25.2 Å². The van der Waals surface area contributed by atoms with Crippen molar-refractivity contribution >= 4 is 27.5 Å². The quantitative estimate of drug-likeness (QED) is 0.698. The monoisotopic (exact) mass is 385 g/mol. The number of carboxylic acid groups (broad SMARTS) is 1. The maximum absolute atomic E-state index is 11.5. The largest absolute Gasteiger partial charge is 0.492 e. The van der Waals surface area contributed by atoms with E-state index in [0.29, 0.717) is 22.6 Å². The summed E-state index contributed by atoms with van der Waals surface area (Å²) in [5.41, 5.74) is 1.44. The zero-order chi connectivity index (χ0) is 18.6. The maximum atomic E-state index is 11.5. The Morgan fingerprint density at radius 1 is 1.19 bits per heavy atom. The Bertz CT molecular complexity index is 936. The predicted molar refractivity (Wildman–Crippen MR) is 103 cm³/mol. The van der Waals surface area contributed by atoms with E-state index >= 15 is 0 Å². The maximum Gasteiger partial charge on any atom is 0.356 e. The van der Waals surface area contributed by atoms with Gasteiger partial charge < -0.3 is 14.6 Å². The first-order valence-electron chi connectivity index (χ1n) is 8.72. The molecular formula is C19H19N3O4S. The number of hydrogen-bond donors (Lipinski definition) is 1. The second kappa shape index (κ2) is 7.99. The Morgan fingerprint density at radius 3 is 2.70 bits per heavy atom. The lowest BCUT2D eigenvalue weighted by Gasteiger charge is -2.26. The molecule has 140 valence electrons. The summed E-state index contributed by atoms with van der Waals surface area (Å²) >= 11 is 1.33. The average molecular weight is 385 g/mol. The van der Waals surface area contributed by atoms with Gasteiger partial charge in [-0.25, -0.2) is 14.8 Å². The van der Waals surface area contributed by atoms with Crippen molar-refractivity contribution in [1.29, 1.82) is 0 Å². The van der Waals surface area contributed by atoms with Crippen molar-refractivity contribution in [1.82, 2.24) is 14.9 Å².